The van der Waals surface area contributed by atoms with Crippen molar-refractivity contribution in [1.82, 2.24) is 0 Å². The Hall–Kier alpha value is -0.643. The number of allylic oxidation sites excluding steroid dienone is 5. The molecule has 3 heteroatoms. The zero-order chi connectivity index (χ0) is 21.2. The predicted octanol–water partition coefficient (Wildman–Crippen LogP) is 7.57. The summed E-state index contributed by atoms with van der Waals surface area (Å²) in [4.78, 5) is 0. The fraction of sp³-hybridized carbons (Fsp3) is 0.760. The van der Waals surface area contributed by atoms with Crippen molar-refractivity contribution in [3.63, 3.8) is 0 Å². The molecule has 0 unspecified atom stereocenters. The van der Waals surface area contributed by atoms with Crippen molar-refractivity contribution < 1.29 is 9.53 Å². The van der Waals surface area contributed by atoms with E-state index < -0.39 is 8.32 Å². The topological polar surface area (TPSA) is 29.5 Å². The van der Waals surface area contributed by atoms with Gasteiger partial charge in [0.25, 0.3) is 0 Å². The largest absolute Gasteiger partial charge is 0.414 e. The van der Waals surface area contributed by atoms with Crippen molar-refractivity contribution in [3.8, 4) is 0 Å². The first-order valence-corrected chi connectivity index (χ1v) is 14.3. The van der Waals surface area contributed by atoms with Crippen LogP contribution in [0.1, 0.15) is 86.0 Å². The average molecular weight is 407 g/mol. The zero-order valence-electron chi connectivity index (χ0n) is 19.6. The normalized spacial score (nSPS) is 24.7. The van der Waals surface area contributed by atoms with Gasteiger partial charge in [-0.05, 0) is 50.7 Å². The van der Waals surface area contributed by atoms with Gasteiger partial charge in [0.1, 0.15) is 0 Å². The monoisotopic (exact) mass is 406 g/mol. The summed E-state index contributed by atoms with van der Waals surface area (Å²) in [6.45, 7) is 15.8. The van der Waals surface area contributed by atoms with Crippen molar-refractivity contribution in [2.75, 3.05) is 0 Å². The first kappa shape index (κ1) is 25.4. The van der Waals surface area contributed by atoms with Crippen LogP contribution in [-0.2, 0) is 4.43 Å². The Bertz CT molecular complexity index is 525. The molecule has 3 atom stereocenters. The molecule has 0 aromatic rings. The fourth-order valence-corrected chi connectivity index (χ4v) is 4.79. The minimum absolute atomic E-state index is 0.197. The second-order valence-electron chi connectivity index (χ2n) is 10.1. The molecule has 0 aliphatic heterocycles. The molecule has 0 saturated heterocycles. The molecule has 0 radical (unpaired) electrons. The zero-order valence-corrected chi connectivity index (χ0v) is 20.6. The van der Waals surface area contributed by atoms with Crippen LogP contribution in [0.2, 0.25) is 18.1 Å². The van der Waals surface area contributed by atoms with Crippen LogP contribution in [0.4, 0.5) is 0 Å². The van der Waals surface area contributed by atoms with Crippen LogP contribution in [0.3, 0.4) is 0 Å². The molecule has 1 N–H and O–H groups in total. The second-order valence-corrected chi connectivity index (χ2v) is 14.9. The third kappa shape index (κ3) is 9.24. The van der Waals surface area contributed by atoms with Crippen LogP contribution in [0.5, 0.6) is 0 Å². The highest BCUT2D eigenvalue weighted by atomic mass is 28.4. The number of unbranched alkanes of at least 4 members (excludes halogenated alkanes) is 5. The first-order valence-electron chi connectivity index (χ1n) is 11.4. The molecule has 0 amide bonds. The predicted molar refractivity (Wildman–Crippen MR) is 126 cm³/mol. The van der Waals surface area contributed by atoms with Crippen LogP contribution in [0.15, 0.2) is 36.0 Å². The van der Waals surface area contributed by atoms with Gasteiger partial charge in [0, 0.05) is 12.0 Å². The molecular formula is C25H46O2Si. The van der Waals surface area contributed by atoms with Crippen molar-refractivity contribution >= 4 is 8.32 Å². The second kappa shape index (κ2) is 12.1. The highest BCUT2D eigenvalue weighted by Crippen LogP contribution is 2.40. The van der Waals surface area contributed by atoms with E-state index in [1.165, 1.54) is 44.1 Å². The van der Waals surface area contributed by atoms with Gasteiger partial charge in [-0.15, -0.1) is 0 Å². The molecule has 2 nitrogen and oxygen atoms in total. The van der Waals surface area contributed by atoms with Gasteiger partial charge in [-0.2, -0.15) is 0 Å². The smallest absolute Gasteiger partial charge is 0.192 e. The van der Waals surface area contributed by atoms with Crippen molar-refractivity contribution in [1.29, 1.82) is 0 Å². The van der Waals surface area contributed by atoms with E-state index in [2.05, 4.69) is 78.1 Å². The fourth-order valence-electron chi connectivity index (χ4n) is 3.41. The third-order valence-corrected chi connectivity index (χ3v) is 10.9. The maximum Gasteiger partial charge on any atom is 0.192 e. The summed E-state index contributed by atoms with van der Waals surface area (Å²) < 4.78 is 6.52. The molecule has 0 spiro atoms. The summed E-state index contributed by atoms with van der Waals surface area (Å²) in [5.74, 6) is 0.209. The van der Waals surface area contributed by atoms with E-state index in [1.807, 2.05) is 0 Å². The Morgan fingerprint density at radius 2 is 1.79 bits per heavy atom. The summed E-state index contributed by atoms with van der Waals surface area (Å²) in [6.07, 6.45) is 20.4. The van der Waals surface area contributed by atoms with Gasteiger partial charge in [0.2, 0.25) is 0 Å². The first-order chi connectivity index (χ1) is 13.1. The number of rotatable bonds is 11. The lowest BCUT2D eigenvalue weighted by Gasteiger charge is -2.38. The van der Waals surface area contributed by atoms with E-state index in [0.29, 0.717) is 0 Å². The lowest BCUT2D eigenvalue weighted by atomic mass is 10.0. The molecule has 0 aromatic heterocycles. The van der Waals surface area contributed by atoms with Crippen LogP contribution in [0, 0.1) is 5.92 Å². The van der Waals surface area contributed by atoms with Crippen LogP contribution >= 0.6 is 0 Å². The van der Waals surface area contributed by atoms with Gasteiger partial charge in [0.15, 0.2) is 8.32 Å². The van der Waals surface area contributed by atoms with Gasteiger partial charge < -0.3 is 9.53 Å². The maximum atomic E-state index is 10.5. The number of hydrogen-bond acceptors (Lipinski definition) is 2. The minimum atomic E-state index is -1.77. The molecule has 1 rings (SSSR count). The molecule has 1 aliphatic carbocycles. The molecule has 1 fully saturated rings. The highest BCUT2D eigenvalue weighted by molar-refractivity contribution is 6.74. The molecule has 162 valence electrons. The molecular weight excluding hydrogens is 360 g/mol. The Balaban J connectivity index is 2.42. The molecule has 0 heterocycles. The molecule has 0 aromatic carbocycles. The average Bonchev–Trinajstić information content (AvgIpc) is 2.93. The number of hydrogen-bond donors (Lipinski definition) is 1. The number of aliphatic hydroxyl groups is 1. The van der Waals surface area contributed by atoms with Crippen LogP contribution < -0.4 is 0 Å². The van der Waals surface area contributed by atoms with Crippen molar-refractivity contribution in [3.05, 3.63) is 36.0 Å². The Labute approximate surface area is 176 Å². The SMILES string of the molecule is CCCCCCC/C=C/C=C(C)/C=C/[C@H]1C[C@H](O[Si](C)(C)C(C)(C)C)C[C@@H]1O. The van der Waals surface area contributed by atoms with E-state index >= 15 is 0 Å². The quantitative estimate of drug-likeness (QED) is 0.218. The van der Waals surface area contributed by atoms with Gasteiger partial charge in [-0.1, -0.05) is 89.3 Å². The molecule has 0 bridgehead atoms. The van der Waals surface area contributed by atoms with Gasteiger partial charge >= 0.3 is 0 Å². The van der Waals surface area contributed by atoms with Crippen molar-refractivity contribution in [2.45, 2.75) is 116 Å². The third-order valence-electron chi connectivity index (χ3n) is 6.38. The van der Waals surface area contributed by atoms with Crippen LogP contribution in [0.25, 0.3) is 0 Å². The van der Waals surface area contributed by atoms with E-state index in [4.69, 9.17) is 4.43 Å². The van der Waals surface area contributed by atoms with Gasteiger partial charge in [-0.25, -0.2) is 0 Å². The molecule has 28 heavy (non-hydrogen) atoms. The lowest BCUT2D eigenvalue weighted by Crippen LogP contribution is -2.43. The Morgan fingerprint density at radius 1 is 1.11 bits per heavy atom. The molecule has 1 aliphatic rings. The lowest BCUT2D eigenvalue weighted by molar-refractivity contribution is 0.132. The van der Waals surface area contributed by atoms with Crippen LogP contribution in [-0.4, -0.2) is 25.6 Å². The van der Waals surface area contributed by atoms with E-state index in [0.717, 1.165) is 12.8 Å². The van der Waals surface area contributed by atoms with E-state index in [1.54, 1.807) is 0 Å². The van der Waals surface area contributed by atoms with E-state index in [-0.39, 0.29) is 23.2 Å². The summed E-state index contributed by atoms with van der Waals surface area (Å²) in [5, 5.41) is 10.7. The summed E-state index contributed by atoms with van der Waals surface area (Å²) in [5.41, 5.74) is 1.24. The summed E-state index contributed by atoms with van der Waals surface area (Å²) in [7, 11) is -1.77. The van der Waals surface area contributed by atoms with E-state index in [9.17, 15) is 5.11 Å². The van der Waals surface area contributed by atoms with Crippen molar-refractivity contribution in [2.24, 2.45) is 5.92 Å². The summed E-state index contributed by atoms with van der Waals surface area (Å²) >= 11 is 0. The standard InChI is InChI=1S/C25H46O2Si/c1-8-9-10-11-12-13-14-15-16-21(2)17-18-22-19-23(20-24(22)26)27-28(6,7)25(3,4)5/h14-18,22-24,26H,8-13,19-20H2,1-7H3/b15-14+,18-17+,21-16+/t22-,23-,24-/m0/s1. The maximum absolute atomic E-state index is 10.5. The summed E-state index contributed by atoms with van der Waals surface area (Å²) in [6, 6.07) is 0. The molecule has 1 saturated carbocycles. The highest BCUT2D eigenvalue weighted by Gasteiger charge is 2.42. The van der Waals surface area contributed by atoms with Gasteiger partial charge in [-0.3, -0.25) is 0 Å². The minimum Gasteiger partial charge on any atom is -0.414 e. The Morgan fingerprint density at radius 3 is 2.43 bits per heavy atom. The van der Waals surface area contributed by atoms with Gasteiger partial charge in [0.05, 0.1) is 6.10 Å². The Kier molecular flexibility index (Phi) is 11.0. The number of aliphatic hydroxyl groups excluding tert-OH is 1.